The highest BCUT2D eigenvalue weighted by molar-refractivity contribution is 9.10. The Morgan fingerprint density at radius 1 is 1.53 bits per heavy atom. The van der Waals surface area contributed by atoms with Gasteiger partial charge in [0.25, 0.3) is 0 Å². The molecule has 0 radical (unpaired) electrons. The second-order valence-electron chi connectivity index (χ2n) is 3.20. The molecule has 0 bridgehead atoms. The minimum atomic E-state index is -0.0301. The average Bonchev–Trinajstić information content (AvgIpc) is 2.67. The van der Waals surface area contributed by atoms with Crippen LogP contribution in [0.15, 0.2) is 28.2 Å². The second kappa shape index (κ2) is 4.38. The number of halogens is 1. The summed E-state index contributed by atoms with van der Waals surface area (Å²) in [5, 5.41) is 2.87. The van der Waals surface area contributed by atoms with Gasteiger partial charge in [-0.3, -0.25) is 4.98 Å². The lowest BCUT2D eigenvalue weighted by molar-refractivity contribution is 0.790. The Balaban J connectivity index is 2.42. The third-order valence-electron chi connectivity index (χ3n) is 1.95. The molecule has 0 fully saturated rings. The fraction of sp³-hybridized carbons (Fsp3) is 0.200. The minimum Gasteiger partial charge on any atom is -0.323 e. The monoisotopic (exact) mass is 283 g/mol. The minimum absolute atomic E-state index is 0.0301. The van der Waals surface area contributed by atoms with Crippen molar-refractivity contribution < 1.29 is 0 Å². The molecule has 0 saturated heterocycles. The van der Waals surface area contributed by atoms with Crippen molar-refractivity contribution in [3.8, 4) is 10.7 Å². The van der Waals surface area contributed by atoms with Gasteiger partial charge in [0.05, 0.1) is 5.69 Å². The van der Waals surface area contributed by atoms with Gasteiger partial charge >= 0.3 is 0 Å². The van der Waals surface area contributed by atoms with E-state index < -0.39 is 0 Å². The predicted molar refractivity (Wildman–Crippen MR) is 65.6 cm³/mol. The zero-order valence-electron chi connectivity index (χ0n) is 8.14. The zero-order valence-corrected chi connectivity index (χ0v) is 10.5. The summed E-state index contributed by atoms with van der Waals surface area (Å²) < 4.78 is 0.954. The molecule has 5 heteroatoms. The first-order valence-electron chi connectivity index (χ1n) is 4.50. The van der Waals surface area contributed by atoms with Crippen molar-refractivity contribution >= 4 is 27.3 Å². The maximum absolute atomic E-state index is 5.76. The molecule has 2 aromatic rings. The van der Waals surface area contributed by atoms with E-state index in [0.717, 1.165) is 20.9 Å². The van der Waals surface area contributed by atoms with Crippen LogP contribution in [0.25, 0.3) is 10.7 Å². The predicted octanol–water partition coefficient (Wildman–Crippen LogP) is 2.99. The summed E-state index contributed by atoms with van der Waals surface area (Å²) in [7, 11) is 0. The van der Waals surface area contributed by atoms with Gasteiger partial charge in [0.15, 0.2) is 0 Å². The molecular formula is C10H10BrN3S. The molecule has 0 spiro atoms. The van der Waals surface area contributed by atoms with E-state index in [2.05, 4.69) is 25.9 Å². The molecular weight excluding hydrogens is 274 g/mol. The van der Waals surface area contributed by atoms with Gasteiger partial charge in [-0.25, -0.2) is 4.98 Å². The van der Waals surface area contributed by atoms with Crippen LogP contribution in [0.1, 0.15) is 18.7 Å². The second-order valence-corrected chi connectivity index (χ2v) is 4.91. The van der Waals surface area contributed by atoms with Crippen molar-refractivity contribution in [2.75, 3.05) is 0 Å². The molecule has 78 valence electrons. The summed E-state index contributed by atoms with van der Waals surface area (Å²) in [6, 6.07) is 3.81. The van der Waals surface area contributed by atoms with Gasteiger partial charge in [-0.05, 0) is 35.0 Å². The van der Waals surface area contributed by atoms with Crippen LogP contribution in [0.3, 0.4) is 0 Å². The molecule has 1 unspecified atom stereocenters. The quantitative estimate of drug-likeness (QED) is 0.922. The lowest BCUT2D eigenvalue weighted by atomic mass is 10.3. The van der Waals surface area contributed by atoms with Gasteiger partial charge < -0.3 is 5.73 Å². The summed E-state index contributed by atoms with van der Waals surface area (Å²) in [5.74, 6) is 0. The maximum atomic E-state index is 5.76. The molecule has 0 saturated carbocycles. The highest BCUT2D eigenvalue weighted by Crippen LogP contribution is 2.29. The number of nitrogens with two attached hydrogens (primary N) is 1. The van der Waals surface area contributed by atoms with E-state index in [9.17, 15) is 0 Å². The first-order valence-corrected chi connectivity index (χ1v) is 6.17. The third-order valence-corrected chi connectivity index (χ3v) is 3.46. The lowest BCUT2D eigenvalue weighted by Gasteiger charge is -1.99. The fourth-order valence-corrected chi connectivity index (χ4v) is 2.65. The van der Waals surface area contributed by atoms with Gasteiger partial charge in [-0.1, -0.05) is 0 Å². The number of thiazole rings is 1. The normalized spacial score (nSPS) is 12.7. The van der Waals surface area contributed by atoms with Gasteiger partial charge in [-0.2, -0.15) is 0 Å². The Kier molecular flexibility index (Phi) is 3.14. The highest BCUT2D eigenvalue weighted by atomic mass is 79.9. The van der Waals surface area contributed by atoms with Crippen LogP contribution in [0.2, 0.25) is 0 Å². The van der Waals surface area contributed by atoms with Crippen molar-refractivity contribution in [2.45, 2.75) is 13.0 Å². The molecule has 0 aliphatic carbocycles. The molecule has 0 aromatic carbocycles. The first-order chi connectivity index (χ1) is 7.18. The van der Waals surface area contributed by atoms with E-state index in [1.807, 2.05) is 24.4 Å². The van der Waals surface area contributed by atoms with E-state index in [1.165, 1.54) is 0 Å². The SMILES string of the molecule is CC(N)c1csc(-c2ncccc2Br)n1. The average molecular weight is 284 g/mol. The molecule has 3 nitrogen and oxygen atoms in total. The van der Waals surface area contributed by atoms with Gasteiger partial charge in [0, 0.05) is 22.1 Å². The van der Waals surface area contributed by atoms with E-state index in [-0.39, 0.29) is 6.04 Å². The number of nitrogens with zero attached hydrogens (tertiary/aromatic N) is 2. The smallest absolute Gasteiger partial charge is 0.143 e. The molecule has 0 aliphatic rings. The molecule has 2 heterocycles. The van der Waals surface area contributed by atoms with Crippen molar-refractivity contribution in [3.05, 3.63) is 33.9 Å². The van der Waals surface area contributed by atoms with Crippen LogP contribution < -0.4 is 5.73 Å². The Bertz CT molecular complexity index is 467. The van der Waals surface area contributed by atoms with Crippen LogP contribution >= 0.6 is 27.3 Å². The summed E-state index contributed by atoms with van der Waals surface area (Å²) in [4.78, 5) is 8.72. The van der Waals surface area contributed by atoms with Crippen molar-refractivity contribution in [1.82, 2.24) is 9.97 Å². The number of hydrogen-bond acceptors (Lipinski definition) is 4. The van der Waals surface area contributed by atoms with Crippen LogP contribution in [-0.2, 0) is 0 Å². The Hall–Kier alpha value is -0.780. The van der Waals surface area contributed by atoms with E-state index >= 15 is 0 Å². The Labute approximate surface area is 101 Å². The summed E-state index contributed by atoms with van der Waals surface area (Å²) in [6.07, 6.45) is 1.76. The van der Waals surface area contributed by atoms with E-state index in [0.29, 0.717) is 0 Å². The number of rotatable bonds is 2. The van der Waals surface area contributed by atoms with Crippen LogP contribution in [0, 0.1) is 0 Å². The van der Waals surface area contributed by atoms with Gasteiger partial charge in [0.1, 0.15) is 10.7 Å². The molecule has 1 atom stereocenters. The maximum Gasteiger partial charge on any atom is 0.143 e. The number of hydrogen-bond donors (Lipinski definition) is 1. The lowest BCUT2D eigenvalue weighted by Crippen LogP contribution is -2.04. The number of aromatic nitrogens is 2. The Morgan fingerprint density at radius 3 is 2.93 bits per heavy atom. The molecule has 15 heavy (non-hydrogen) atoms. The summed E-state index contributed by atoms with van der Waals surface area (Å²) >= 11 is 5.01. The van der Waals surface area contributed by atoms with E-state index in [1.54, 1.807) is 17.5 Å². The largest absolute Gasteiger partial charge is 0.323 e. The molecule has 0 aliphatic heterocycles. The van der Waals surface area contributed by atoms with Crippen molar-refractivity contribution in [1.29, 1.82) is 0 Å². The van der Waals surface area contributed by atoms with Crippen LogP contribution in [0.4, 0.5) is 0 Å². The molecule has 2 N–H and O–H groups in total. The Morgan fingerprint density at radius 2 is 2.33 bits per heavy atom. The van der Waals surface area contributed by atoms with Gasteiger partial charge in [0.2, 0.25) is 0 Å². The van der Waals surface area contributed by atoms with Crippen molar-refractivity contribution in [3.63, 3.8) is 0 Å². The molecule has 0 amide bonds. The summed E-state index contributed by atoms with van der Waals surface area (Å²) in [5.41, 5.74) is 7.53. The van der Waals surface area contributed by atoms with Crippen molar-refractivity contribution in [2.24, 2.45) is 5.73 Å². The standard InChI is InChI=1S/C10H10BrN3S/c1-6(12)8-5-15-10(14-8)9-7(11)3-2-4-13-9/h2-6H,12H2,1H3. The fourth-order valence-electron chi connectivity index (χ4n) is 1.15. The highest BCUT2D eigenvalue weighted by Gasteiger charge is 2.10. The van der Waals surface area contributed by atoms with Crippen LogP contribution in [-0.4, -0.2) is 9.97 Å². The molecule has 2 rings (SSSR count). The first kappa shape index (κ1) is 10.7. The van der Waals surface area contributed by atoms with E-state index in [4.69, 9.17) is 5.73 Å². The molecule has 2 aromatic heterocycles. The number of pyridine rings is 1. The topological polar surface area (TPSA) is 51.8 Å². The van der Waals surface area contributed by atoms with Gasteiger partial charge in [-0.15, -0.1) is 11.3 Å². The van der Waals surface area contributed by atoms with Crippen LogP contribution in [0.5, 0.6) is 0 Å². The third kappa shape index (κ3) is 2.25. The summed E-state index contributed by atoms with van der Waals surface area (Å²) in [6.45, 7) is 1.92. The zero-order chi connectivity index (χ0) is 10.8.